The topological polar surface area (TPSA) is 70.2 Å². The van der Waals surface area contributed by atoms with E-state index in [9.17, 15) is 9.18 Å². The predicted molar refractivity (Wildman–Crippen MR) is 96.6 cm³/mol. The maximum atomic E-state index is 12.9. The number of hydrogen-bond donors (Lipinski definition) is 2. The van der Waals surface area contributed by atoms with Crippen molar-refractivity contribution in [2.75, 3.05) is 23.3 Å². The molecule has 0 spiro atoms. The number of nitrogens with one attached hydrogen (secondary N) is 2. The monoisotopic (exact) mass is 357 g/mol. The summed E-state index contributed by atoms with van der Waals surface area (Å²) < 4.78 is 12.9. The number of halogens is 1. The van der Waals surface area contributed by atoms with E-state index >= 15 is 0 Å². The number of benzene rings is 1. The molecule has 1 unspecified atom stereocenters. The van der Waals surface area contributed by atoms with Gasteiger partial charge in [0.1, 0.15) is 16.2 Å². The van der Waals surface area contributed by atoms with E-state index in [1.165, 1.54) is 24.3 Å². The summed E-state index contributed by atoms with van der Waals surface area (Å²) in [7, 11) is 0. The number of anilines is 2. The van der Waals surface area contributed by atoms with E-state index in [4.69, 9.17) is 0 Å². The van der Waals surface area contributed by atoms with E-state index in [0.717, 1.165) is 28.4 Å². The second-order valence-corrected chi connectivity index (χ2v) is 6.82. The summed E-state index contributed by atoms with van der Waals surface area (Å²) in [4.78, 5) is 24.1. The van der Waals surface area contributed by atoms with Gasteiger partial charge < -0.3 is 15.5 Å². The Morgan fingerprint density at radius 1 is 1.28 bits per heavy atom. The highest BCUT2D eigenvalue weighted by molar-refractivity contribution is 7.21. The van der Waals surface area contributed by atoms with Crippen molar-refractivity contribution in [3.63, 3.8) is 0 Å². The van der Waals surface area contributed by atoms with Gasteiger partial charge in [-0.1, -0.05) is 11.3 Å². The molecule has 25 heavy (non-hydrogen) atoms. The second kappa shape index (κ2) is 6.64. The molecule has 6 nitrogen and oxygen atoms in total. The van der Waals surface area contributed by atoms with Crippen molar-refractivity contribution < 1.29 is 9.18 Å². The fourth-order valence-electron chi connectivity index (χ4n) is 2.83. The lowest BCUT2D eigenvalue weighted by Crippen LogP contribution is -2.39. The summed E-state index contributed by atoms with van der Waals surface area (Å²) >= 11 is 1.56. The molecule has 3 heterocycles. The van der Waals surface area contributed by atoms with E-state index < -0.39 is 0 Å². The molecule has 0 aliphatic carbocycles. The van der Waals surface area contributed by atoms with Crippen molar-refractivity contribution in [2.45, 2.75) is 12.5 Å². The van der Waals surface area contributed by atoms with Crippen molar-refractivity contribution in [2.24, 2.45) is 0 Å². The number of carbonyl (C=O) groups excluding carboxylic acids is 1. The summed E-state index contributed by atoms with van der Waals surface area (Å²) in [6.07, 6.45) is 2.61. The average Bonchev–Trinajstić information content (AvgIpc) is 3.23. The first-order valence-corrected chi connectivity index (χ1v) is 8.78. The van der Waals surface area contributed by atoms with E-state index in [0.29, 0.717) is 12.2 Å². The third kappa shape index (κ3) is 3.53. The van der Waals surface area contributed by atoms with Crippen molar-refractivity contribution >= 4 is 38.5 Å². The number of fused-ring (bicyclic) bond motifs is 1. The van der Waals surface area contributed by atoms with Gasteiger partial charge in [0.25, 0.3) is 0 Å². The van der Waals surface area contributed by atoms with Crippen LogP contribution < -0.4 is 15.5 Å². The molecule has 0 bridgehead atoms. The van der Waals surface area contributed by atoms with E-state index in [1.54, 1.807) is 17.5 Å². The summed E-state index contributed by atoms with van der Waals surface area (Å²) in [5, 5.41) is 6.59. The van der Waals surface area contributed by atoms with Crippen LogP contribution >= 0.6 is 11.3 Å². The van der Waals surface area contributed by atoms with Crippen LogP contribution in [0.2, 0.25) is 0 Å². The van der Waals surface area contributed by atoms with Crippen LogP contribution in [0.1, 0.15) is 6.42 Å². The summed E-state index contributed by atoms with van der Waals surface area (Å²) in [6.45, 7) is 1.54. The molecule has 1 fully saturated rings. The molecule has 2 aromatic heterocycles. The van der Waals surface area contributed by atoms with Crippen LogP contribution in [-0.2, 0) is 0 Å². The van der Waals surface area contributed by atoms with Crippen LogP contribution in [0.15, 0.2) is 42.6 Å². The van der Waals surface area contributed by atoms with Gasteiger partial charge in [0, 0.05) is 31.0 Å². The Morgan fingerprint density at radius 2 is 2.12 bits per heavy atom. The van der Waals surface area contributed by atoms with Gasteiger partial charge >= 0.3 is 6.03 Å². The quantitative estimate of drug-likeness (QED) is 0.755. The molecule has 8 heteroatoms. The number of aromatic nitrogens is 2. The predicted octanol–water partition coefficient (Wildman–Crippen LogP) is 3.23. The van der Waals surface area contributed by atoms with Crippen molar-refractivity contribution in [3.05, 3.63) is 48.4 Å². The molecule has 0 saturated carbocycles. The standard InChI is InChI=1S/C17H16FN5OS/c18-11-3-5-12(6-4-11)20-16(24)21-13-7-9-23(10-13)17-22-14-2-1-8-19-15(14)25-17/h1-6,8,13H,7,9-10H2,(H2,20,21,24). The minimum atomic E-state index is -0.331. The van der Waals surface area contributed by atoms with Gasteiger partial charge in [0.2, 0.25) is 0 Å². The van der Waals surface area contributed by atoms with Crippen LogP contribution in [-0.4, -0.2) is 35.1 Å². The zero-order chi connectivity index (χ0) is 17.2. The molecule has 1 atom stereocenters. The molecular weight excluding hydrogens is 341 g/mol. The summed E-state index contributed by atoms with van der Waals surface area (Å²) in [5.74, 6) is -0.331. The zero-order valence-corrected chi connectivity index (χ0v) is 14.1. The molecule has 1 aromatic carbocycles. The summed E-state index contributed by atoms with van der Waals surface area (Å²) in [6, 6.07) is 9.27. The van der Waals surface area contributed by atoms with Gasteiger partial charge in [-0.2, -0.15) is 0 Å². The van der Waals surface area contributed by atoms with Gasteiger partial charge in [-0.15, -0.1) is 0 Å². The van der Waals surface area contributed by atoms with Crippen molar-refractivity contribution in [1.29, 1.82) is 0 Å². The highest BCUT2D eigenvalue weighted by Crippen LogP contribution is 2.29. The van der Waals surface area contributed by atoms with Crippen molar-refractivity contribution in [3.8, 4) is 0 Å². The first kappa shape index (κ1) is 15.8. The molecule has 2 N–H and O–H groups in total. The number of carbonyl (C=O) groups is 1. The SMILES string of the molecule is O=C(Nc1ccc(F)cc1)NC1CCN(c2nc3cccnc3s2)C1. The Kier molecular flexibility index (Phi) is 4.19. The Bertz CT molecular complexity index is 864. The molecule has 2 amide bonds. The van der Waals surface area contributed by atoms with E-state index in [1.807, 2.05) is 12.1 Å². The Labute approximate surface area is 147 Å². The molecule has 1 aliphatic heterocycles. The molecule has 1 aliphatic rings. The third-order valence-electron chi connectivity index (χ3n) is 4.05. The second-order valence-electron chi connectivity index (χ2n) is 5.86. The van der Waals surface area contributed by atoms with Crippen LogP contribution in [0.3, 0.4) is 0 Å². The molecular formula is C17H16FN5OS. The van der Waals surface area contributed by atoms with Gasteiger partial charge in [-0.3, -0.25) is 0 Å². The largest absolute Gasteiger partial charge is 0.346 e. The highest BCUT2D eigenvalue weighted by atomic mass is 32.1. The molecule has 4 rings (SSSR count). The van der Waals surface area contributed by atoms with E-state index in [-0.39, 0.29) is 17.9 Å². The highest BCUT2D eigenvalue weighted by Gasteiger charge is 2.26. The Morgan fingerprint density at radius 3 is 2.92 bits per heavy atom. The number of urea groups is 1. The van der Waals surface area contributed by atoms with Crippen molar-refractivity contribution in [1.82, 2.24) is 15.3 Å². The van der Waals surface area contributed by atoms with Crippen LogP contribution in [0.25, 0.3) is 10.3 Å². The number of amides is 2. The maximum Gasteiger partial charge on any atom is 0.319 e. The lowest BCUT2D eigenvalue weighted by molar-refractivity contribution is 0.249. The number of pyridine rings is 1. The van der Waals surface area contributed by atoms with E-state index in [2.05, 4.69) is 25.5 Å². The van der Waals surface area contributed by atoms with Gasteiger partial charge in [-0.05, 0) is 42.8 Å². The normalized spacial score (nSPS) is 17.0. The fourth-order valence-corrected chi connectivity index (χ4v) is 3.77. The lowest BCUT2D eigenvalue weighted by atomic mass is 10.3. The smallest absolute Gasteiger partial charge is 0.319 e. The maximum absolute atomic E-state index is 12.9. The number of thiazole rings is 1. The van der Waals surface area contributed by atoms with Gasteiger partial charge in [0.15, 0.2) is 5.13 Å². The lowest BCUT2D eigenvalue weighted by Gasteiger charge is -2.16. The minimum absolute atomic E-state index is 0.0421. The third-order valence-corrected chi connectivity index (χ3v) is 5.09. The van der Waals surface area contributed by atoms with Gasteiger partial charge in [-0.25, -0.2) is 19.2 Å². The van der Waals surface area contributed by atoms with Crippen LogP contribution in [0, 0.1) is 5.82 Å². The summed E-state index contributed by atoms with van der Waals surface area (Å²) in [5.41, 5.74) is 1.46. The zero-order valence-electron chi connectivity index (χ0n) is 13.3. The fraction of sp³-hybridized carbons (Fsp3) is 0.235. The first-order valence-electron chi connectivity index (χ1n) is 7.97. The Hall–Kier alpha value is -2.74. The number of rotatable bonds is 3. The molecule has 128 valence electrons. The average molecular weight is 357 g/mol. The molecule has 0 radical (unpaired) electrons. The number of nitrogens with zero attached hydrogens (tertiary/aromatic N) is 3. The first-order chi connectivity index (χ1) is 12.2. The van der Waals surface area contributed by atoms with Crippen LogP contribution in [0.4, 0.5) is 20.0 Å². The van der Waals surface area contributed by atoms with Crippen LogP contribution in [0.5, 0.6) is 0 Å². The van der Waals surface area contributed by atoms with Gasteiger partial charge in [0.05, 0.1) is 0 Å². The number of hydrogen-bond acceptors (Lipinski definition) is 5. The Balaban J connectivity index is 1.35. The minimum Gasteiger partial charge on any atom is -0.346 e. The molecule has 3 aromatic rings. The molecule has 1 saturated heterocycles.